The van der Waals surface area contributed by atoms with Gasteiger partial charge in [0.05, 0.1) is 6.10 Å². The van der Waals surface area contributed by atoms with Crippen molar-refractivity contribution in [3.8, 4) is 0 Å². The first-order valence-corrected chi connectivity index (χ1v) is 5.28. The van der Waals surface area contributed by atoms with E-state index in [1.54, 1.807) is 0 Å². The normalized spacial score (nSPS) is 16.4. The molecule has 0 aliphatic carbocycles. The van der Waals surface area contributed by atoms with Crippen LogP contribution in [0.25, 0.3) is 0 Å². The summed E-state index contributed by atoms with van der Waals surface area (Å²) < 4.78 is 0. The average Bonchev–Trinajstić information content (AvgIpc) is 1.97. The molecule has 0 aliphatic heterocycles. The predicted molar refractivity (Wildman–Crippen MR) is 51.8 cm³/mol. The van der Waals surface area contributed by atoms with Gasteiger partial charge in [0, 0.05) is 0 Å². The Morgan fingerprint density at radius 1 is 1.45 bits per heavy atom. The molecule has 0 aromatic carbocycles. The number of thioether (sulfide) groups is 1. The maximum atomic E-state index is 8.94. The molecule has 0 spiro atoms. The molecule has 0 saturated carbocycles. The first-order chi connectivity index (χ1) is 5.16. The zero-order valence-corrected chi connectivity index (χ0v) is 8.23. The van der Waals surface area contributed by atoms with E-state index in [9.17, 15) is 0 Å². The Kier molecular flexibility index (Phi) is 7.12. The standard InChI is InChI=1S/C8H19NOS/c1-7(5-9)6-11-4-3-8(2)10/h7-8,10H,3-6,9H2,1-2H3. The number of hydrogen-bond acceptors (Lipinski definition) is 3. The van der Waals surface area contributed by atoms with Crippen LogP contribution in [0.2, 0.25) is 0 Å². The molecule has 3 N–H and O–H groups in total. The Bertz CT molecular complexity index is 88.2. The van der Waals surface area contributed by atoms with Gasteiger partial charge in [-0.1, -0.05) is 6.92 Å². The van der Waals surface area contributed by atoms with Gasteiger partial charge in [0.25, 0.3) is 0 Å². The van der Waals surface area contributed by atoms with E-state index in [1.165, 1.54) is 0 Å². The lowest BCUT2D eigenvalue weighted by Gasteiger charge is -2.07. The third kappa shape index (κ3) is 8.17. The van der Waals surface area contributed by atoms with E-state index in [0.717, 1.165) is 24.5 Å². The molecule has 2 atom stereocenters. The van der Waals surface area contributed by atoms with Crippen molar-refractivity contribution in [1.82, 2.24) is 0 Å². The minimum absolute atomic E-state index is 0.157. The minimum Gasteiger partial charge on any atom is -0.393 e. The molecular formula is C8H19NOS. The van der Waals surface area contributed by atoms with E-state index in [2.05, 4.69) is 6.92 Å². The van der Waals surface area contributed by atoms with Crippen molar-refractivity contribution in [2.45, 2.75) is 26.4 Å². The van der Waals surface area contributed by atoms with E-state index in [-0.39, 0.29) is 6.10 Å². The molecule has 68 valence electrons. The topological polar surface area (TPSA) is 46.2 Å². The second-order valence-corrected chi connectivity index (χ2v) is 4.20. The van der Waals surface area contributed by atoms with Crippen LogP contribution >= 0.6 is 11.8 Å². The van der Waals surface area contributed by atoms with Crippen LogP contribution in [0.3, 0.4) is 0 Å². The van der Waals surface area contributed by atoms with Gasteiger partial charge in [-0.3, -0.25) is 0 Å². The number of hydrogen-bond donors (Lipinski definition) is 2. The third-order valence-corrected chi connectivity index (χ3v) is 2.81. The molecule has 11 heavy (non-hydrogen) atoms. The molecule has 0 radical (unpaired) electrons. The van der Waals surface area contributed by atoms with E-state index < -0.39 is 0 Å². The van der Waals surface area contributed by atoms with Gasteiger partial charge >= 0.3 is 0 Å². The fraction of sp³-hybridized carbons (Fsp3) is 1.00. The molecule has 0 bridgehead atoms. The molecule has 0 rings (SSSR count). The average molecular weight is 177 g/mol. The third-order valence-electron chi connectivity index (χ3n) is 1.48. The van der Waals surface area contributed by atoms with Crippen LogP contribution in [0, 0.1) is 5.92 Å². The SMILES string of the molecule is CC(O)CCSCC(C)CN. The van der Waals surface area contributed by atoms with Gasteiger partial charge in [-0.25, -0.2) is 0 Å². The number of aliphatic hydroxyl groups excluding tert-OH is 1. The molecule has 0 aliphatic rings. The lowest BCUT2D eigenvalue weighted by atomic mass is 10.2. The monoisotopic (exact) mass is 177 g/mol. The summed E-state index contributed by atoms with van der Waals surface area (Å²) in [5, 5.41) is 8.94. The summed E-state index contributed by atoms with van der Waals surface area (Å²) in [7, 11) is 0. The van der Waals surface area contributed by atoms with Gasteiger partial charge in [-0.05, 0) is 37.3 Å². The maximum Gasteiger partial charge on any atom is 0.0520 e. The molecule has 2 unspecified atom stereocenters. The van der Waals surface area contributed by atoms with Crippen molar-refractivity contribution < 1.29 is 5.11 Å². The molecule has 2 nitrogen and oxygen atoms in total. The number of aliphatic hydroxyl groups is 1. The summed E-state index contributed by atoms with van der Waals surface area (Å²) in [5.41, 5.74) is 5.45. The molecule has 0 aromatic rings. The van der Waals surface area contributed by atoms with Crippen LogP contribution in [0.5, 0.6) is 0 Å². The minimum atomic E-state index is -0.157. The Morgan fingerprint density at radius 2 is 2.09 bits per heavy atom. The van der Waals surface area contributed by atoms with E-state index in [4.69, 9.17) is 10.8 Å². The molecule has 3 heteroatoms. The van der Waals surface area contributed by atoms with E-state index in [0.29, 0.717) is 5.92 Å². The highest BCUT2D eigenvalue weighted by Crippen LogP contribution is 2.09. The summed E-state index contributed by atoms with van der Waals surface area (Å²) in [6.45, 7) is 4.74. The zero-order valence-electron chi connectivity index (χ0n) is 7.42. The summed E-state index contributed by atoms with van der Waals surface area (Å²) in [6, 6.07) is 0. The van der Waals surface area contributed by atoms with Gasteiger partial charge < -0.3 is 10.8 Å². The van der Waals surface area contributed by atoms with Crippen molar-refractivity contribution >= 4 is 11.8 Å². The molecule has 0 heterocycles. The number of rotatable bonds is 6. The van der Waals surface area contributed by atoms with Crippen LogP contribution in [-0.2, 0) is 0 Å². The molecule has 0 aromatic heterocycles. The lowest BCUT2D eigenvalue weighted by Crippen LogP contribution is -2.13. The van der Waals surface area contributed by atoms with Gasteiger partial charge in [0.2, 0.25) is 0 Å². The van der Waals surface area contributed by atoms with Crippen LogP contribution < -0.4 is 5.73 Å². The lowest BCUT2D eigenvalue weighted by molar-refractivity contribution is 0.192. The summed E-state index contributed by atoms with van der Waals surface area (Å²) in [6.07, 6.45) is 0.734. The zero-order chi connectivity index (χ0) is 8.69. The Morgan fingerprint density at radius 3 is 2.55 bits per heavy atom. The van der Waals surface area contributed by atoms with Gasteiger partial charge in [0.15, 0.2) is 0 Å². The summed E-state index contributed by atoms with van der Waals surface area (Å²) in [5.74, 6) is 2.76. The van der Waals surface area contributed by atoms with Crippen molar-refractivity contribution in [2.75, 3.05) is 18.1 Å². The number of nitrogens with two attached hydrogens (primary N) is 1. The van der Waals surface area contributed by atoms with Crippen molar-refractivity contribution in [3.05, 3.63) is 0 Å². The fourth-order valence-corrected chi connectivity index (χ4v) is 1.82. The van der Waals surface area contributed by atoms with Crippen molar-refractivity contribution in [2.24, 2.45) is 11.7 Å². The smallest absolute Gasteiger partial charge is 0.0520 e. The Balaban J connectivity index is 3.01. The molecule has 0 fully saturated rings. The largest absolute Gasteiger partial charge is 0.393 e. The Hall–Kier alpha value is 0.270. The van der Waals surface area contributed by atoms with Gasteiger partial charge in [-0.15, -0.1) is 0 Å². The summed E-state index contributed by atoms with van der Waals surface area (Å²) in [4.78, 5) is 0. The maximum absolute atomic E-state index is 8.94. The fourth-order valence-electron chi connectivity index (χ4n) is 0.606. The Labute approximate surface area is 73.6 Å². The highest BCUT2D eigenvalue weighted by Gasteiger charge is 1.99. The van der Waals surface area contributed by atoms with Crippen LogP contribution in [0.4, 0.5) is 0 Å². The predicted octanol–water partition coefficient (Wildman–Crippen LogP) is 1.09. The highest BCUT2D eigenvalue weighted by atomic mass is 32.2. The van der Waals surface area contributed by atoms with Crippen molar-refractivity contribution in [1.29, 1.82) is 0 Å². The molecular weight excluding hydrogens is 158 g/mol. The highest BCUT2D eigenvalue weighted by molar-refractivity contribution is 7.99. The molecule has 0 saturated heterocycles. The second kappa shape index (κ2) is 6.95. The quantitative estimate of drug-likeness (QED) is 0.597. The van der Waals surface area contributed by atoms with E-state index >= 15 is 0 Å². The van der Waals surface area contributed by atoms with Crippen LogP contribution in [0.1, 0.15) is 20.3 Å². The van der Waals surface area contributed by atoms with E-state index in [1.807, 2.05) is 18.7 Å². The van der Waals surface area contributed by atoms with Crippen molar-refractivity contribution in [3.63, 3.8) is 0 Å². The summed E-state index contributed by atoms with van der Waals surface area (Å²) >= 11 is 1.87. The van der Waals surface area contributed by atoms with Crippen LogP contribution in [0.15, 0.2) is 0 Å². The second-order valence-electron chi connectivity index (χ2n) is 3.05. The van der Waals surface area contributed by atoms with Gasteiger partial charge in [0.1, 0.15) is 0 Å². The molecule has 0 amide bonds. The first-order valence-electron chi connectivity index (χ1n) is 4.12. The van der Waals surface area contributed by atoms with Crippen LogP contribution in [-0.4, -0.2) is 29.3 Å². The first kappa shape index (κ1) is 11.3. The van der Waals surface area contributed by atoms with Gasteiger partial charge in [-0.2, -0.15) is 11.8 Å².